The Balaban J connectivity index is 1.46. The molecule has 4 aliphatic carbocycles. The highest BCUT2D eigenvalue weighted by Crippen LogP contribution is 2.68. The number of rotatable bonds is 1. The normalized spacial score (nSPS) is 49.1. The molecule has 1 aliphatic heterocycles. The van der Waals surface area contributed by atoms with Crippen LogP contribution >= 0.6 is 0 Å². The molecule has 7 atom stereocenters. The molecule has 3 nitrogen and oxygen atoms in total. The molecule has 0 spiro atoms. The lowest BCUT2D eigenvalue weighted by Crippen LogP contribution is -2.52. The fourth-order valence-electron chi connectivity index (χ4n) is 8.68. The van der Waals surface area contributed by atoms with Crippen LogP contribution in [0.5, 0.6) is 0 Å². The highest BCUT2D eigenvalue weighted by Gasteiger charge is 2.60. The van der Waals surface area contributed by atoms with Gasteiger partial charge in [-0.05, 0) is 97.4 Å². The van der Waals surface area contributed by atoms with E-state index in [0.29, 0.717) is 23.5 Å². The molecular formula is C24H33NO2. The lowest BCUT2D eigenvalue weighted by Gasteiger charge is -2.60. The number of cyclic esters (lactones) is 1. The number of carbonyl (C=O) groups is 1. The molecule has 0 saturated heterocycles. The van der Waals surface area contributed by atoms with Crippen molar-refractivity contribution in [2.75, 3.05) is 6.61 Å². The molecule has 4 fully saturated rings. The molecule has 0 amide bonds. The number of carbonyl (C=O) groups excluding carboxylic acids is 1. The number of hydrogen-bond donors (Lipinski definition) is 0. The summed E-state index contributed by atoms with van der Waals surface area (Å²) in [6.07, 6.45) is 13.7. The fraction of sp³-hybridized carbons (Fsp3) is 0.833. The first-order chi connectivity index (χ1) is 13.0. The van der Waals surface area contributed by atoms with Crippen molar-refractivity contribution in [3.8, 4) is 6.07 Å². The van der Waals surface area contributed by atoms with Gasteiger partial charge in [-0.1, -0.05) is 26.7 Å². The van der Waals surface area contributed by atoms with Crippen molar-refractivity contribution in [1.29, 1.82) is 5.26 Å². The Hall–Kier alpha value is -1.30. The van der Waals surface area contributed by atoms with Gasteiger partial charge >= 0.3 is 5.97 Å². The van der Waals surface area contributed by atoms with Crippen molar-refractivity contribution in [1.82, 2.24) is 0 Å². The van der Waals surface area contributed by atoms with Gasteiger partial charge in [0.2, 0.25) is 0 Å². The van der Waals surface area contributed by atoms with E-state index in [4.69, 9.17) is 4.74 Å². The number of fused-ring (bicyclic) bond motifs is 5. The third-order valence-electron chi connectivity index (χ3n) is 10.00. The van der Waals surface area contributed by atoms with Crippen molar-refractivity contribution in [2.24, 2.45) is 40.4 Å². The van der Waals surface area contributed by atoms with Crippen LogP contribution in [0.1, 0.15) is 78.1 Å². The molecule has 0 radical (unpaired) electrons. The average Bonchev–Trinajstić information content (AvgIpc) is 3.20. The average molecular weight is 368 g/mol. The van der Waals surface area contributed by atoms with Crippen molar-refractivity contribution >= 4 is 5.97 Å². The first-order valence-corrected chi connectivity index (χ1v) is 11.3. The Labute approximate surface area is 163 Å². The second-order valence-corrected chi connectivity index (χ2v) is 10.7. The van der Waals surface area contributed by atoms with Gasteiger partial charge in [0.25, 0.3) is 0 Å². The van der Waals surface area contributed by atoms with Gasteiger partial charge < -0.3 is 4.74 Å². The summed E-state index contributed by atoms with van der Waals surface area (Å²) in [6, 6.07) is 2.16. The largest absolute Gasteiger partial charge is 0.457 e. The summed E-state index contributed by atoms with van der Waals surface area (Å²) in [5.41, 5.74) is 2.18. The van der Waals surface area contributed by atoms with Gasteiger partial charge in [0.05, 0.1) is 0 Å². The second-order valence-electron chi connectivity index (χ2n) is 10.7. The highest BCUT2D eigenvalue weighted by atomic mass is 16.5. The molecule has 0 bridgehead atoms. The van der Waals surface area contributed by atoms with E-state index in [1.165, 1.54) is 57.8 Å². The predicted octanol–water partition coefficient (Wildman–Crippen LogP) is 5.41. The van der Waals surface area contributed by atoms with Gasteiger partial charge in [0.1, 0.15) is 18.2 Å². The predicted molar refractivity (Wildman–Crippen MR) is 103 cm³/mol. The van der Waals surface area contributed by atoms with Crippen LogP contribution in [0.4, 0.5) is 0 Å². The van der Waals surface area contributed by atoms with E-state index in [1.807, 2.05) is 0 Å². The van der Waals surface area contributed by atoms with E-state index in [2.05, 4.69) is 19.9 Å². The third-order valence-corrected chi connectivity index (χ3v) is 10.00. The molecule has 1 heterocycles. The molecule has 0 aromatic heterocycles. The minimum atomic E-state index is -0.386. The molecule has 0 N–H and O–H groups in total. The molecule has 0 aromatic carbocycles. The van der Waals surface area contributed by atoms with Crippen LogP contribution in [-0.4, -0.2) is 12.6 Å². The topological polar surface area (TPSA) is 50.1 Å². The van der Waals surface area contributed by atoms with Gasteiger partial charge in [0.15, 0.2) is 0 Å². The minimum absolute atomic E-state index is 0.254. The zero-order valence-corrected chi connectivity index (χ0v) is 16.9. The van der Waals surface area contributed by atoms with E-state index >= 15 is 0 Å². The SMILES string of the molecule is C[C@]12CC[C@H]3[C@@H](CCC4CCCC[C@@]43C)[C@H]1CC[C@@H]2C1=C(C#N)C(=O)OC1. The molecule has 4 saturated carbocycles. The van der Waals surface area contributed by atoms with Crippen LogP contribution < -0.4 is 0 Å². The number of nitrogens with zero attached hydrogens (tertiary/aromatic N) is 1. The summed E-state index contributed by atoms with van der Waals surface area (Å²) >= 11 is 0. The molecule has 27 heavy (non-hydrogen) atoms. The van der Waals surface area contributed by atoms with Crippen molar-refractivity contribution in [2.45, 2.75) is 78.1 Å². The quantitative estimate of drug-likeness (QED) is 0.582. The summed E-state index contributed by atoms with van der Waals surface area (Å²) in [5, 5.41) is 9.49. The number of ether oxygens (including phenoxy) is 1. The molecule has 5 rings (SSSR count). The standard InChI is InChI=1S/C24H33NO2/c1-23-11-4-3-5-15(23)6-7-16-19-8-9-20(24(19,2)12-10-21(16)23)18-14-27-22(26)17(18)13-25/h15-16,19-21H,3-12,14H2,1-2H3/t15?,16-,19+,20+,21-,23-,24-/m0/s1. The van der Waals surface area contributed by atoms with Crippen LogP contribution in [0, 0.1) is 51.8 Å². The summed E-state index contributed by atoms with van der Waals surface area (Å²) < 4.78 is 5.26. The molecule has 0 aromatic rings. The van der Waals surface area contributed by atoms with Crippen molar-refractivity contribution in [3.63, 3.8) is 0 Å². The van der Waals surface area contributed by atoms with Crippen LogP contribution in [-0.2, 0) is 9.53 Å². The van der Waals surface area contributed by atoms with Gasteiger partial charge in [0, 0.05) is 0 Å². The van der Waals surface area contributed by atoms with E-state index in [9.17, 15) is 10.1 Å². The number of esters is 1. The van der Waals surface area contributed by atoms with Gasteiger partial charge in [-0.3, -0.25) is 0 Å². The smallest absolute Gasteiger partial charge is 0.349 e. The molecule has 3 heteroatoms. The maximum atomic E-state index is 12.0. The summed E-state index contributed by atoms with van der Waals surface area (Å²) in [7, 11) is 0. The third kappa shape index (κ3) is 2.34. The molecule has 1 unspecified atom stereocenters. The van der Waals surface area contributed by atoms with Crippen LogP contribution in [0.25, 0.3) is 0 Å². The maximum Gasteiger partial charge on any atom is 0.349 e. The number of nitriles is 1. The van der Waals surface area contributed by atoms with E-state index in [1.54, 1.807) is 0 Å². The van der Waals surface area contributed by atoms with Crippen LogP contribution in [0.15, 0.2) is 11.1 Å². The Morgan fingerprint density at radius 3 is 2.59 bits per heavy atom. The van der Waals surface area contributed by atoms with Crippen LogP contribution in [0.3, 0.4) is 0 Å². The summed E-state index contributed by atoms with van der Waals surface area (Å²) in [4.78, 5) is 12.0. The second kappa shape index (κ2) is 6.10. The zero-order valence-electron chi connectivity index (χ0n) is 16.9. The monoisotopic (exact) mass is 367 g/mol. The summed E-state index contributed by atoms with van der Waals surface area (Å²) in [6.45, 7) is 5.47. The Kier molecular flexibility index (Phi) is 4.01. The highest BCUT2D eigenvalue weighted by molar-refractivity contribution is 5.96. The summed E-state index contributed by atoms with van der Waals surface area (Å²) in [5.74, 6) is 3.48. The minimum Gasteiger partial charge on any atom is -0.457 e. The van der Waals surface area contributed by atoms with Gasteiger partial charge in [-0.2, -0.15) is 5.26 Å². The molecular weight excluding hydrogens is 334 g/mol. The van der Waals surface area contributed by atoms with E-state index in [0.717, 1.165) is 35.7 Å². The van der Waals surface area contributed by atoms with Gasteiger partial charge in [-0.15, -0.1) is 0 Å². The first-order valence-electron chi connectivity index (χ1n) is 11.3. The lowest BCUT2D eigenvalue weighted by atomic mass is 9.44. The number of hydrogen-bond acceptors (Lipinski definition) is 3. The Morgan fingerprint density at radius 1 is 0.963 bits per heavy atom. The van der Waals surface area contributed by atoms with E-state index in [-0.39, 0.29) is 11.4 Å². The van der Waals surface area contributed by atoms with Crippen molar-refractivity contribution in [3.05, 3.63) is 11.1 Å². The first kappa shape index (κ1) is 17.8. The van der Waals surface area contributed by atoms with E-state index < -0.39 is 0 Å². The van der Waals surface area contributed by atoms with Crippen molar-refractivity contribution < 1.29 is 9.53 Å². The Morgan fingerprint density at radius 2 is 1.78 bits per heavy atom. The molecule has 146 valence electrons. The fourth-order valence-corrected chi connectivity index (χ4v) is 8.68. The zero-order chi connectivity index (χ0) is 18.8. The maximum absolute atomic E-state index is 12.0. The van der Waals surface area contributed by atoms with Gasteiger partial charge in [-0.25, -0.2) is 4.79 Å². The molecule has 5 aliphatic rings. The lowest BCUT2D eigenvalue weighted by molar-refractivity contribution is -0.135. The van der Waals surface area contributed by atoms with Crippen LogP contribution in [0.2, 0.25) is 0 Å². The Bertz CT molecular complexity index is 733.